The number of aromatic nitrogens is 2. The van der Waals surface area contributed by atoms with Crippen molar-refractivity contribution in [3.05, 3.63) is 108 Å². The Bertz CT molecular complexity index is 1480. The van der Waals surface area contributed by atoms with Crippen LogP contribution in [-0.4, -0.2) is 53.7 Å². The van der Waals surface area contributed by atoms with Gasteiger partial charge < -0.3 is 14.8 Å². The van der Waals surface area contributed by atoms with Crippen LogP contribution >= 0.6 is 0 Å². The second kappa shape index (κ2) is 12.9. The average molecular weight is 563 g/mol. The first-order valence-corrected chi connectivity index (χ1v) is 13.2. The Balaban J connectivity index is 1.33. The molecule has 0 aliphatic carbocycles. The van der Waals surface area contributed by atoms with Crippen molar-refractivity contribution in [1.82, 2.24) is 14.9 Å². The number of nitrogens with zero attached hydrogens (tertiary/aromatic N) is 3. The number of alkyl halides is 3. The lowest BCUT2D eigenvalue weighted by atomic mass is 9.98. The number of nitrogens with one attached hydrogen (secondary N) is 1. The Hall–Kier alpha value is -4.28. The third kappa shape index (κ3) is 7.90. The molecule has 41 heavy (non-hydrogen) atoms. The fraction of sp³-hybridized carbons (Fsp3) is 0.258. The number of fused-ring (bicyclic) bond motifs is 3. The second-order valence-corrected chi connectivity index (χ2v) is 9.74. The van der Waals surface area contributed by atoms with E-state index in [-0.39, 0.29) is 12.2 Å². The molecule has 0 saturated heterocycles. The Labute approximate surface area is 236 Å². The van der Waals surface area contributed by atoms with Crippen LogP contribution in [0.5, 0.6) is 5.75 Å². The predicted octanol–water partition coefficient (Wildman–Crippen LogP) is 5.60. The number of halogens is 3. The van der Waals surface area contributed by atoms with E-state index >= 15 is 0 Å². The fourth-order valence-corrected chi connectivity index (χ4v) is 4.70. The highest BCUT2D eigenvalue weighted by atomic mass is 19.4. The van der Waals surface area contributed by atoms with Crippen LogP contribution in [0.4, 0.5) is 18.9 Å². The Kier molecular flexibility index (Phi) is 8.91. The molecule has 0 radical (unpaired) electrons. The maximum atomic E-state index is 13.1. The Morgan fingerprint density at radius 2 is 1.71 bits per heavy atom. The number of hydrogen-bond donors (Lipinski definition) is 1. The van der Waals surface area contributed by atoms with Crippen molar-refractivity contribution in [2.75, 3.05) is 38.2 Å². The first-order chi connectivity index (χ1) is 19.8. The number of benzene rings is 3. The summed E-state index contributed by atoms with van der Waals surface area (Å²) in [5, 5.41) is 2.59. The van der Waals surface area contributed by atoms with Gasteiger partial charge in [0.05, 0.1) is 25.3 Å². The number of rotatable bonds is 4. The predicted molar refractivity (Wildman–Crippen MR) is 148 cm³/mol. The summed E-state index contributed by atoms with van der Waals surface area (Å²) >= 11 is 0. The van der Waals surface area contributed by atoms with E-state index in [1.54, 1.807) is 12.4 Å². The third-order valence-corrected chi connectivity index (χ3v) is 6.62. The summed E-state index contributed by atoms with van der Waals surface area (Å²) in [4.78, 5) is 23.0. The molecular formula is C31H29F3N4O3. The van der Waals surface area contributed by atoms with Gasteiger partial charge >= 0.3 is 6.18 Å². The van der Waals surface area contributed by atoms with Crippen molar-refractivity contribution in [3.63, 3.8) is 0 Å². The van der Waals surface area contributed by atoms with Gasteiger partial charge in [-0.15, -0.1) is 0 Å². The van der Waals surface area contributed by atoms with Crippen LogP contribution in [0.1, 0.15) is 22.3 Å². The van der Waals surface area contributed by atoms with E-state index in [9.17, 15) is 18.0 Å². The molecule has 0 saturated carbocycles. The van der Waals surface area contributed by atoms with Gasteiger partial charge in [-0.3, -0.25) is 9.69 Å². The lowest BCUT2D eigenvalue weighted by molar-refractivity contribution is -0.137. The minimum Gasteiger partial charge on any atom is -0.491 e. The summed E-state index contributed by atoms with van der Waals surface area (Å²) in [5.74, 6) is 0.376. The molecule has 0 spiro atoms. The van der Waals surface area contributed by atoms with Gasteiger partial charge in [-0.05, 0) is 52.6 Å². The van der Waals surface area contributed by atoms with Gasteiger partial charge in [0.2, 0.25) is 5.91 Å². The number of amides is 1. The molecule has 10 heteroatoms. The molecule has 3 aromatic carbocycles. The molecule has 2 bridgehead atoms. The van der Waals surface area contributed by atoms with Crippen molar-refractivity contribution in [2.45, 2.75) is 19.1 Å². The van der Waals surface area contributed by atoms with E-state index in [2.05, 4.69) is 27.4 Å². The summed E-state index contributed by atoms with van der Waals surface area (Å²) in [6.45, 7) is 2.00. The third-order valence-electron chi connectivity index (χ3n) is 6.62. The van der Waals surface area contributed by atoms with Gasteiger partial charge in [-0.2, -0.15) is 13.2 Å². The first kappa shape index (κ1) is 28.3. The molecule has 1 aliphatic rings. The molecule has 1 aromatic heterocycles. The van der Waals surface area contributed by atoms with Gasteiger partial charge in [-0.25, -0.2) is 9.97 Å². The summed E-state index contributed by atoms with van der Waals surface area (Å²) in [6.07, 6.45) is 1.17. The molecule has 1 N–H and O–H groups in total. The van der Waals surface area contributed by atoms with E-state index < -0.39 is 17.6 Å². The molecular weight excluding hydrogens is 533 g/mol. The molecule has 7 nitrogen and oxygen atoms in total. The van der Waals surface area contributed by atoms with E-state index in [0.717, 1.165) is 45.7 Å². The van der Waals surface area contributed by atoms with Gasteiger partial charge in [-0.1, -0.05) is 36.4 Å². The van der Waals surface area contributed by atoms with Crippen LogP contribution in [-0.2, 0) is 28.7 Å². The molecule has 0 fully saturated rings. The molecule has 0 unspecified atom stereocenters. The van der Waals surface area contributed by atoms with Crippen molar-refractivity contribution < 1.29 is 27.4 Å². The standard InChI is InChI=1S/C31H29F3N4O3/c32-31(33,34)27-5-2-6-28(16-27)37-30(39)20-38-9-10-40-11-12-41-29-8-7-24(26-17-35-21-36-18-26)15-25(29)14-22-3-1-4-23(13-22)19-38/h1-8,13,15-18,21H,9-12,14,19-20H2,(H,37,39). The Morgan fingerprint density at radius 3 is 2.54 bits per heavy atom. The van der Waals surface area contributed by atoms with Gasteiger partial charge in [0, 0.05) is 43.2 Å². The number of carbonyl (C=O) groups excluding carboxylic acids is 1. The molecule has 2 heterocycles. The second-order valence-electron chi connectivity index (χ2n) is 9.74. The number of hydrogen-bond acceptors (Lipinski definition) is 6. The molecule has 5 rings (SSSR count). The zero-order chi connectivity index (χ0) is 28.7. The van der Waals surface area contributed by atoms with Crippen LogP contribution in [0, 0.1) is 0 Å². The number of ether oxygens (including phenoxy) is 2. The molecule has 1 amide bonds. The summed E-state index contributed by atoms with van der Waals surface area (Å²) in [5.41, 5.74) is 4.27. The van der Waals surface area contributed by atoms with E-state index in [1.807, 2.05) is 35.2 Å². The van der Waals surface area contributed by atoms with Crippen molar-refractivity contribution >= 4 is 11.6 Å². The summed E-state index contributed by atoms with van der Waals surface area (Å²) in [6, 6.07) is 18.7. The molecule has 4 aromatic rings. The van der Waals surface area contributed by atoms with Crippen LogP contribution < -0.4 is 10.1 Å². The lowest BCUT2D eigenvalue weighted by Crippen LogP contribution is -2.35. The van der Waals surface area contributed by atoms with Crippen LogP contribution in [0.15, 0.2) is 85.5 Å². The Morgan fingerprint density at radius 1 is 0.902 bits per heavy atom. The average Bonchev–Trinajstić information content (AvgIpc) is 2.95. The maximum Gasteiger partial charge on any atom is 0.416 e. The highest BCUT2D eigenvalue weighted by molar-refractivity contribution is 5.92. The van der Waals surface area contributed by atoms with E-state index in [1.165, 1.54) is 18.5 Å². The zero-order valence-corrected chi connectivity index (χ0v) is 22.2. The van der Waals surface area contributed by atoms with Crippen LogP contribution in [0.25, 0.3) is 11.1 Å². The minimum absolute atomic E-state index is 0.00826. The van der Waals surface area contributed by atoms with Crippen molar-refractivity contribution in [3.8, 4) is 16.9 Å². The largest absolute Gasteiger partial charge is 0.491 e. The fourth-order valence-electron chi connectivity index (χ4n) is 4.70. The first-order valence-electron chi connectivity index (χ1n) is 13.2. The lowest BCUT2D eigenvalue weighted by Gasteiger charge is -2.23. The minimum atomic E-state index is -4.49. The summed E-state index contributed by atoms with van der Waals surface area (Å²) < 4.78 is 51.1. The van der Waals surface area contributed by atoms with E-state index in [4.69, 9.17) is 9.47 Å². The molecule has 212 valence electrons. The zero-order valence-electron chi connectivity index (χ0n) is 22.2. The topological polar surface area (TPSA) is 76.6 Å². The van der Waals surface area contributed by atoms with Gasteiger partial charge in [0.25, 0.3) is 0 Å². The molecule has 0 atom stereocenters. The van der Waals surface area contributed by atoms with Gasteiger partial charge in [0.15, 0.2) is 0 Å². The number of anilines is 1. The van der Waals surface area contributed by atoms with Crippen molar-refractivity contribution in [1.29, 1.82) is 0 Å². The highest BCUT2D eigenvalue weighted by Crippen LogP contribution is 2.31. The summed E-state index contributed by atoms with van der Waals surface area (Å²) in [7, 11) is 0. The normalized spacial score (nSPS) is 14.8. The maximum absolute atomic E-state index is 13.1. The smallest absolute Gasteiger partial charge is 0.416 e. The highest BCUT2D eigenvalue weighted by Gasteiger charge is 2.30. The van der Waals surface area contributed by atoms with E-state index in [0.29, 0.717) is 39.3 Å². The molecule has 1 aliphatic heterocycles. The quantitative estimate of drug-likeness (QED) is 0.349. The van der Waals surface area contributed by atoms with Crippen LogP contribution in [0.2, 0.25) is 0 Å². The SMILES string of the molecule is O=C(CN1CCOCCOc2ccc(-c3cncnc3)cc2Cc2cccc(c2)C1)Nc1cccc(C(F)(F)F)c1. The monoisotopic (exact) mass is 562 g/mol. The van der Waals surface area contributed by atoms with Crippen LogP contribution in [0.3, 0.4) is 0 Å². The van der Waals surface area contributed by atoms with Crippen molar-refractivity contribution in [2.24, 2.45) is 0 Å². The van der Waals surface area contributed by atoms with Gasteiger partial charge in [0.1, 0.15) is 18.7 Å². The number of carbonyl (C=O) groups is 1.